The first-order chi connectivity index (χ1) is 12.2. The standard InChI is InChI=1S/C19H17ClN4O/c20-18-19(22-15-5-2-1-4-14(15)21-18)23-9-12-8-13(11-23)16-6-3-7-17(25)24(16)10-12/h1-7,12-13H,8-11H2/t12-,13+/m1/s1. The zero-order valence-corrected chi connectivity index (χ0v) is 14.4. The molecule has 5 nitrogen and oxygen atoms in total. The highest BCUT2D eigenvalue weighted by molar-refractivity contribution is 6.32. The number of para-hydroxylation sites is 2. The Balaban J connectivity index is 1.55. The van der Waals surface area contributed by atoms with Gasteiger partial charge in [0.2, 0.25) is 0 Å². The molecular formula is C19H17ClN4O. The number of anilines is 1. The van der Waals surface area contributed by atoms with Crippen molar-refractivity contribution in [2.75, 3.05) is 18.0 Å². The summed E-state index contributed by atoms with van der Waals surface area (Å²) in [5.74, 6) is 1.50. The van der Waals surface area contributed by atoms with Crippen LogP contribution in [0.2, 0.25) is 5.15 Å². The molecule has 2 aliphatic rings. The minimum atomic E-state index is 0.101. The quantitative estimate of drug-likeness (QED) is 0.675. The zero-order valence-electron chi connectivity index (χ0n) is 13.6. The summed E-state index contributed by atoms with van der Waals surface area (Å²) in [6, 6.07) is 13.4. The van der Waals surface area contributed by atoms with E-state index in [-0.39, 0.29) is 5.56 Å². The molecule has 0 unspecified atom stereocenters. The molecule has 2 aliphatic heterocycles. The fourth-order valence-corrected chi connectivity index (χ4v) is 4.49. The Bertz CT molecular complexity index is 1030. The van der Waals surface area contributed by atoms with Gasteiger partial charge in [-0.05, 0) is 30.5 Å². The van der Waals surface area contributed by atoms with Crippen LogP contribution in [0.25, 0.3) is 11.0 Å². The summed E-state index contributed by atoms with van der Waals surface area (Å²) < 4.78 is 1.93. The molecule has 126 valence electrons. The number of benzene rings is 1. The van der Waals surface area contributed by atoms with Gasteiger partial charge in [0, 0.05) is 37.3 Å². The van der Waals surface area contributed by atoms with E-state index in [1.807, 2.05) is 34.9 Å². The van der Waals surface area contributed by atoms with Gasteiger partial charge in [0.25, 0.3) is 5.56 Å². The van der Waals surface area contributed by atoms with Crippen molar-refractivity contribution in [2.24, 2.45) is 5.92 Å². The lowest BCUT2D eigenvalue weighted by molar-refractivity contribution is 0.280. The van der Waals surface area contributed by atoms with Gasteiger partial charge in [0.1, 0.15) is 0 Å². The van der Waals surface area contributed by atoms with Gasteiger partial charge in [-0.2, -0.15) is 0 Å². The van der Waals surface area contributed by atoms with E-state index in [1.54, 1.807) is 6.07 Å². The Morgan fingerprint density at radius 2 is 1.76 bits per heavy atom. The molecular weight excluding hydrogens is 336 g/mol. The van der Waals surface area contributed by atoms with Crippen molar-refractivity contribution in [3.8, 4) is 0 Å². The molecule has 5 rings (SSSR count). The van der Waals surface area contributed by atoms with Crippen LogP contribution in [0.3, 0.4) is 0 Å². The second-order valence-electron chi connectivity index (χ2n) is 6.93. The molecule has 0 radical (unpaired) electrons. The van der Waals surface area contributed by atoms with Gasteiger partial charge in [-0.3, -0.25) is 4.79 Å². The third-order valence-electron chi connectivity index (χ3n) is 5.29. The van der Waals surface area contributed by atoms with Gasteiger partial charge in [0.15, 0.2) is 11.0 Å². The molecule has 2 bridgehead atoms. The van der Waals surface area contributed by atoms with E-state index in [1.165, 1.54) is 0 Å². The highest BCUT2D eigenvalue weighted by Gasteiger charge is 2.35. The van der Waals surface area contributed by atoms with Crippen LogP contribution in [0.4, 0.5) is 5.82 Å². The minimum absolute atomic E-state index is 0.101. The van der Waals surface area contributed by atoms with Crippen molar-refractivity contribution in [3.05, 3.63) is 63.7 Å². The fraction of sp³-hybridized carbons (Fsp3) is 0.316. The molecule has 25 heavy (non-hydrogen) atoms. The lowest BCUT2D eigenvalue weighted by atomic mass is 9.83. The molecule has 4 heterocycles. The van der Waals surface area contributed by atoms with Gasteiger partial charge in [0.05, 0.1) is 11.0 Å². The maximum Gasteiger partial charge on any atom is 0.250 e. The van der Waals surface area contributed by atoms with Crippen LogP contribution in [0.15, 0.2) is 47.3 Å². The van der Waals surface area contributed by atoms with Crippen molar-refractivity contribution >= 4 is 28.5 Å². The second-order valence-corrected chi connectivity index (χ2v) is 7.29. The summed E-state index contributed by atoms with van der Waals surface area (Å²) in [5.41, 5.74) is 2.89. The molecule has 0 saturated carbocycles. The number of nitrogens with zero attached hydrogens (tertiary/aromatic N) is 4. The average molecular weight is 353 g/mol. The van der Waals surface area contributed by atoms with Crippen LogP contribution in [-0.2, 0) is 6.54 Å². The number of halogens is 1. The van der Waals surface area contributed by atoms with Crippen LogP contribution in [-0.4, -0.2) is 27.6 Å². The van der Waals surface area contributed by atoms with Crippen LogP contribution in [0, 0.1) is 5.92 Å². The maximum absolute atomic E-state index is 12.2. The Kier molecular flexibility index (Phi) is 3.31. The predicted octanol–water partition coefficient (Wildman–Crippen LogP) is 3.07. The van der Waals surface area contributed by atoms with Gasteiger partial charge in [-0.1, -0.05) is 29.8 Å². The normalized spacial score (nSPS) is 22.0. The van der Waals surface area contributed by atoms with E-state index in [9.17, 15) is 4.79 Å². The topological polar surface area (TPSA) is 51.0 Å². The van der Waals surface area contributed by atoms with Gasteiger partial charge in [-0.25, -0.2) is 9.97 Å². The Morgan fingerprint density at radius 1 is 0.960 bits per heavy atom. The maximum atomic E-state index is 12.2. The number of hydrogen-bond acceptors (Lipinski definition) is 4. The highest BCUT2D eigenvalue weighted by atomic mass is 35.5. The number of hydrogen-bond donors (Lipinski definition) is 0. The van der Waals surface area contributed by atoms with Crippen molar-refractivity contribution in [1.29, 1.82) is 0 Å². The second kappa shape index (κ2) is 5.56. The number of pyridine rings is 1. The first-order valence-corrected chi connectivity index (χ1v) is 8.94. The largest absolute Gasteiger partial charge is 0.353 e. The first-order valence-electron chi connectivity index (χ1n) is 8.56. The van der Waals surface area contributed by atoms with Crippen molar-refractivity contribution < 1.29 is 0 Å². The predicted molar refractivity (Wildman–Crippen MR) is 98.3 cm³/mol. The highest BCUT2D eigenvalue weighted by Crippen LogP contribution is 2.38. The van der Waals surface area contributed by atoms with E-state index in [0.29, 0.717) is 17.0 Å². The number of fused-ring (bicyclic) bond motifs is 5. The molecule has 1 saturated heterocycles. The fourth-order valence-electron chi connectivity index (χ4n) is 4.24. The van der Waals surface area contributed by atoms with Crippen molar-refractivity contribution in [2.45, 2.75) is 18.9 Å². The van der Waals surface area contributed by atoms with Crippen LogP contribution in [0.5, 0.6) is 0 Å². The monoisotopic (exact) mass is 352 g/mol. The Labute approximate surface area is 149 Å². The van der Waals surface area contributed by atoms with E-state index < -0.39 is 0 Å². The summed E-state index contributed by atoms with van der Waals surface area (Å²) in [4.78, 5) is 23.7. The van der Waals surface area contributed by atoms with Gasteiger partial charge < -0.3 is 9.47 Å². The lowest BCUT2D eigenvalue weighted by Crippen LogP contribution is -2.47. The van der Waals surface area contributed by atoms with E-state index >= 15 is 0 Å². The lowest BCUT2D eigenvalue weighted by Gasteiger charge is -2.43. The summed E-state index contributed by atoms with van der Waals surface area (Å²) in [6.45, 7) is 2.43. The van der Waals surface area contributed by atoms with Crippen molar-refractivity contribution in [1.82, 2.24) is 14.5 Å². The molecule has 0 spiro atoms. The molecule has 1 aromatic carbocycles. The number of rotatable bonds is 1. The first kappa shape index (κ1) is 14.9. The smallest absolute Gasteiger partial charge is 0.250 e. The summed E-state index contributed by atoms with van der Waals surface area (Å²) in [7, 11) is 0. The van der Waals surface area contributed by atoms with Gasteiger partial charge >= 0.3 is 0 Å². The third-order valence-corrected chi connectivity index (χ3v) is 5.54. The van der Waals surface area contributed by atoms with E-state index in [4.69, 9.17) is 16.6 Å². The third kappa shape index (κ3) is 2.42. The molecule has 0 N–H and O–H groups in total. The van der Waals surface area contributed by atoms with E-state index in [0.717, 1.165) is 48.6 Å². The zero-order chi connectivity index (χ0) is 17.0. The minimum Gasteiger partial charge on any atom is -0.353 e. The summed E-state index contributed by atoms with van der Waals surface area (Å²) >= 11 is 6.45. The Morgan fingerprint density at radius 3 is 2.60 bits per heavy atom. The molecule has 0 aliphatic carbocycles. The Hall–Kier alpha value is -2.40. The molecule has 1 fully saturated rings. The summed E-state index contributed by atoms with van der Waals surface area (Å²) in [6.07, 6.45) is 1.11. The number of piperidine rings is 1. The SMILES string of the molecule is O=c1cccc2n1C[C@@H]1C[C@H]2CN(c2nc3ccccc3nc2Cl)C1. The molecule has 2 atom stereocenters. The molecule has 3 aromatic rings. The molecule has 6 heteroatoms. The van der Waals surface area contributed by atoms with Gasteiger partial charge in [-0.15, -0.1) is 0 Å². The van der Waals surface area contributed by atoms with Crippen molar-refractivity contribution in [3.63, 3.8) is 0 Å². The summed E-state index contributed by atoms with van der Waals surface area (Å²) in [5, 5.41) is 0.448. The van der Waals surface area contributed by atoms with Crippen LogP contribution >= 0.6 is 11.6 Å². The van der Waals surface area contributed by atoms with E-state index in [2.05, 4.69) is 16.0 Å². The van der Waals surface area contributed by atoms with Crippen LogP contribution in [0.1, 0.15) is 18.0 Å². The molecule has 2 aromatic heterocycles. The molecule has 0 amide bonds. The van der Waals surface area contributed by atoms with Crippen LogP contribution < -0.4 is 10.5 Å². The average Bonchev–Trinajstić information content (AvgIpc) is 2.62. The number of aromatic nitrogens is 3.